The molecule has 0 fully saturated rings. The van der Waals surface area contributed by atoms with Crippen LogP contribution in [0.2, 0.25) is 0 Å². The molecule has 0 bridgehead atoms. The van der Waals surface area contributed by atoms with Crippen molar-refractivity contribution in [1.82, 2.24) is 0 Å². The second-order valence-electron chi connectivity index (χ2n) is 3.46. The molecule has 0 radical (unpaired) electrons. The van der Waals surface area contributed by atoms with Crippen molar-refractivity contribution in [3.63, 3.8) is 0 Å². The number of anilines is 2. The maximum absolute atomic E-state index is 13.0. The zero-order chi connectivity index (χ0) is 12.3. The first kappa shape index (κ1) is 12.6. The molecule has 0 heterocycles. The third-order valence-electron chi connectivity index (χ3n) is 2.17. The maximum Gasteiger partial charge on any atom is 0.390 e. The van der Waals surface area contributed by atoms with Gasteiger partial charge in [-0.15, -0.1) is 0 Å². The first-order chi connectivity index (χ1) is 7.31. The molecule has 0 spiro atoms. The number of nitrogens with two attached hydrogens (primary N) is 1. The highest BCUT2D eigenvalue weighted by atomic mass is 19.4. The number of hydrogen-bond acceptors (Lipinski definition) is 2. The van der Waals surface area contributed by atoms with Crippen LogP contribution in [0.4, 0.5) is 28.9 Å². The van der Waals surface area contributed by atoms with Crippen LogP contribution < -0.4 is 10.6 Å². The molecule has 0 saturated heterocycles. The van der Waals surface area contributed by atoms with Gasteiger partial charge in [-0.2, -0.15) is 13.2 Å². The lowest BCUT2D eigenvalue weighted by Crippen LogP contribution is -2.24. The molecular weight excluding hydrogens is 224 g/mol. The maximum atomic E-state index is 13.0. The van der Waals surface area contributed by atoms with Crippen LogP contribution in [0.1, 0.15) is 6.42 Å². The number of hydrogen-bond donors (Lipinski definition) is 1. The van der Waals surface area contributed by atoms with Crippen LogP contribution in [-0.2, 0) is 0 Å². The van der Waals surface area contributed by atoms with Gasteiger partial charge in [0.2, 0.25) is 0 Å². The molecule has 0 aliphatic heterocycles. The predicted octanol–water partition coefficient (Wildman–Crippen LogP) is 2.80. The van der Waals surface area contributed by atoms with Crippen LogP contribution in [0.3, 0.4) is 0 Å². The minimum atomic E-state index is -4.23. The molecule has 1 aromatic rings. The summed E-state index contributed by atoms with van der Waals surface area (Å²) in [5, 5.41) is 0. The van der Waals surface area contributed by atoms with Gasteiger partial charge in [0.25, 0.3) is 0 Å². The fraction of sp³-hybridized carbons (Fsp3) is 0.400. The largest absolute Gasteiger partial charge is 0.395 e. The average Bonchev–Trinajstić information content (AvgIpc) is 2.17. The van der Waals surface area contributed by atoms with E-state index in [-0.39, 0.29) is 17.9 Å². The Morgan fingerprint density at radius 3 is 2.50 bits per heavy atom. The lowest BCUT2D eigenvalue weighted by atomic mass is 10.2. The highest BCUT2D eigenvalue weighted by Crippen LogP contribution is 2.26. The number of alkyl halides is 3. The van der Waals surface area contributed by atoms with Gasteiger partial charge in [-0.3, -0.25) is 0 Å². The monoisotopic (exact) mass is 236 g/mol. The van der Waals surface area contributed by atoms with E-state index in [9.17, 15) is 17.6 Å². The van der Waals surface area contributed by atoms with E-state index >= 15 is 0 Å². The quantitative estimate of drug-likeness (QED) is 0.646. The highest BCUT2D eigenvalue weighted by molar-refractivity contribution is 5.67. The Labute approximate surface area is 90.7 Å². The van der Waals surface area contributed by atoms with Crippen molar-refractivity contribution < 1.29 is 17.6 Å². The predicted molar refractivity (Wildman–Crippen MR) is 54.8 cm³/mol. The van der Waals surface area contributed by atoms with Crippen molar-refractivity contribution in [3.05, 3.63) is 24.0 Å². The number of para-hydroxylation sites is 1. The zero-order valence-electron chi connectivity index (χ0n) is 8.68. The first-order valence-electron chi connectivity index (χ1n) is 4.63. The van der Waals surface area contributed by atoms with Crippen molar-refractivity contribution in [1.29, 1.82) is 0 Å². The van der Waals surface area contributed by atoms with Crippen molar-refractivity contribution >= 4 is 11.4 Å². The van der Waals surface area contributed by atoms with Crippen LogP contribution >= 0.6 is 0 Å². The summed E-state index contributed by atoms with van der Waals surface area (Å²) in [7, 11) is 1.44. The van der Waals surface area contributed by atoms with Crippen LogP contribution in [0.15, 0.2) is 18.2 Å². The van der Waals surface area contributed by atoms with Crippen molar-refractivity contribution in [2.75, 3.05) is 24.2 Å². The van der Waals surface area contributed by atoms with Gasteiger partial charge in [0.15, 0.2) is 0 Å². The molecule has 2 N–H and O–H groups in total. The normalized spacial score (nSPS) is 11.6. The SMILES string of the molecule is CN(CCC(F)(F)F)c1cccc(F)c1N. The number of nitrogens with zero attached hydrogens (tertiary/aromatic N) is 1. The van der Waals surface area contributed by atoms with E-state index in [0.717, 1.165) is 6.07 Å². The summed E-state index contributed by atoms with van der Waals surface area (Å²) in [5.74, 6) is -0.628. The second-order valence-corrected chi connectivity index (χ2v) is 3.46. The Balaban J connectivity index is 2.73. The third-order valence-corrected chi connectivity index (χ3v) is 2.17. The number of benzene rings is 1. The summed E-state index contributed by atoms with van der Waals surface area (Å²) >= 11 is 0. The molecule has 0 atom stereocenters. The van der Waals surface area contributed by atoms with Gasteiger partial charge in [-0.1, -0.05) is 6.07 Å². The minimum Gasteiger partial charge on any atom is -0.395 e. The van der Waals surface area contributed by atoms with E-state index in [0.29, 0.717) is 0 Å². The van der Waals surface area contributed by atoms with Crippen LogP contribution in [0, 0.1) is 5.82 Å². The Hall–Kier alpha value is -1.46. The lowest BCUT2D eigenvalue weighted by Gasteiger charge is -2.21. The number of halogens is 4. The molecule has 0 aromatic heterocycles. The third kappa shape index (κ3) is 3.29. The Kier molecular flexibility index (Phi) is 3.62. The van der Waals surface area contributed by atoms with Crippen LogP contribution in [0.5, 0.6) is 0 Å². The summed E-state index contributed by atoms with van der Waals surface area (Å²) in [4.78, 5) is 1.28. The minimum absolute atomic E-state index is 0.132. The van der Waals surface area contributed by atoms with Crippen molar-refractivity contribution in [2.45, 2.75) is 12.6 Å². The van der Waals surface area contributed by atoms with E-state index in [4.69, 9.17) is 5.73 Å². The van der Waals surface area contributed by atoms with Gasteiger partial charge < -0.3 is 10.6 Å². The van der Waals surface area contributed by atoms with E-state index in [2.05, 4.69) is 0 Å². The van der Waals surface area contributed by atoms with Gasteiger partial charge in [0, 0.05) is 13.6 Å². The summed E-state index contributed by atoms with van der Waals surface area (Å²) < 4.78 is 49.0. The molecule has 6 heteroatoms. The molecular formula is C10H12F4N2. The molecule has 0 aliphatic rings. The van der Waals surface area contributed by atoms with Crippen molar-refractivity contribution in [2.24, 2.45) is 0 Å². The van der Waals surface area contributed by atoms with E-state index in [1.54, 1.807) is 0 Å². The smallest absolute Gasteiger partial charge is 0.390 e. The fourth-order valence-corrected chi connectivity index (χ4v) is 1.27. The summed E-state index contributed by atoms with van der Waals surface area (Å²) in [5.41, 5.74) is 5.56. The topological polar surface area (TPSA) is 29.3 Å². The summed E-state index contributed by atoms with van der Waals surface area (Å²) in [6.07, 6.45) is -5.18. The average molecular weight is 236 g/mol. The Morgan fingerprint density at radius 2 is 1.94 bits per heavy atom. The Morgan fingerprint density at radius 1 is 1.31 bits per heavy atom. The van der Waals surface area contributed by atoms with Crippen molar-refractivity contribution in [3.8, 4) is 0 Å². The molecule has 0 saturated carbocycles. The van der Waals surface area contributed by atoms with Crippen LogP contribution in [-0.4, -0.2) is 19.8 Å². The van der Waals surface area contributed by atoms with E-state index < -0.39 is 18.4 Å². The van der Waals surface area contributed by atoms with Gasteiger partial charge in [0.1, 0.15) is 5.82 Å². The fourth-order valence-electron chi connectivity index (χ4n) is 1.27. The van der Waals surface area contributed by atoms with E-state index in [1.807, 2.05) is 0 Å². The second kappa shape index (κ2) is 4.59. The molecule has 1 rings (SSSR count). The number of nitrogen functional groups attached to an aromatic ring is 1. The summed E-state index contributed by atoms with van der Waals surface area (Å²) in [6.45, 7) is -0.253. The van der Waals surface area contributed by atoms with E-state index in [1.165, 1.54) is 24.1 Å². The lowest BCUT2D eigenvalue weighted by molar-refractivity contribution is -0.132. The molecule has 0 amide bonds. The van der Waals surface area contributed by atoms with Gasteiger partial charge in [0.05, 0.1) is 17.8 Å². The highest BCUT2D eigenvalue weighted by Gasteiger charge is 2.27. The molecule has 16 heavy (non-hydrogen) atoms. The van der Waals surface area contributed by atoms with Gasteiger partial charge >= 0.3 is 6.18 Å². The molecule has 0 aliphatic carbocycles. The molecule has 0 unspecified atom stereocenters. The first-order valence-corrected chi connectivity index (χ1v) is 4.63. The molecule has 1 aromatic carbocycles. The summed E-state index contributed by atoms with van der Waals surface area (Å²) in [6, 6.07) is 4.05. The van der Waals surface area contributed by atoms with Gasteiger partial charge in [-0.05, 0) is 12.1 Å². The zero-order valence-corrected chi connectivity index (χ0v) is 8.68. The van der Waals surface area contributed by atoms with Gasteiger partial charge in [-0.25, -0.2) is 4.39 Å². The molecule has 2 nitrogen and oxygen atoms in total. The van der Waals surface area contributed by atoms with Crippen LogP contribution in [0.25, 0.3) is 0 Å². The number of rotatable bonds is 3. The standard InChI is InChI=1S/C10H12F4N2/c1-16(6-5-10(12,13)14)8-4-2-3-7(11)9(8)15/h2-4H,5-6,15H2,1H3. The Bertz CT molecular complexity index is 362. The molecule has 90 valence electrons.